The lowest BCUT2D eigenvalue weighted by Gasteiger charge is -2.08. The first-order valence-corrected chi connectivity index (χ1v) is 4.26. The lowest BCUT2D eigenvalue weighted by atomic mass is 10.1. The molecule has 0 aromatic rings. The summed E-state index contributed by atoms with van der Waals surface area (Å²) < 4.78 is 0. The fourth-order valence-corrected chi connectivity index (χ4v) is 1.11. The molecule has 0 aromatic carbocycles. The van der Waals surface area contributed by atoms with Gasteiger partial charge in [-0.15, -0.1) is 0 Å². The van der Waals surface area contributed by atoms with Crippen LogP contribution >= 0.6 is 0 Å². The van der Waals surface area contributed by atoms with Gasteiger partial charge >= 0.3 is 0 Å². The molecular weight excluding hydrogens is 170 g/mol. The van der Waals surface area contributed by atoms with Gasteiger partial charge in [0.25, 0.3) is 0 Å². The second-order valence-corrected chi connectivity index (χ2v) is 3.73. The van der Waals surface area contributed by atoms with Crippen molar-refractivity contribution in [2.24, 2.45) is 10.4 Å². The van der Waals surface area contributed by atoms with Crippen molar-refractivity contribution in [3.8, 4) is 0 Å². The molecule has 1 aliphatic heterocycles. The van der Waals surface area contributed by atoms with Gasteiger partial charge in [0, 0.05) is 5.41 Å². The van der Waals surface area contributed by atoms with Gasteiger partial charge in [-0.05, 0) is 12.8 Å². The molecule has 0 aromatic heterocycles. The molecule has 1 saturated carbocycles. The quantitative estimate of drug-likeness (QED) is 0.566. The van der Waals surface area contributed by atoms with Gasteiger partial charge in [0.15, 0.2) is 0 Å². The second-order valence-electron chi connectivity index (χ2n) is 3.73. The van der Waals surface area contributed by atoms with Crippen molar-refractivity contribution < 1.29 is 9.59 Å². The monoisotopic (exact) mass is 181 g/mol. The predicted octanol–water partition coefficient (Wildman–Crippen LogP) is -0.612. The summed E-state index contributed by atoms with van der Waals surface area (Å²) in [6.45, 7) is 2.02. The summed E-state index contributed by atoms with van der Waals surface area (Å²) in [7, 11) is 0. The van der Waals surface area contributed by atoms with Crippen LogP contribution in [0.2, 0.25) is 0 Å². The maximum atomic E-state index is 11.4. The predicted molar refractivity (Wildman–Crippen MR) is 45.9 cm³/mol. The van der Waals surface area contributed by atoms with Gasteiger partial charge in [-0.25, -0.2) is 4.99 Å². The van der Waals surface area contributed by atoms with Crippen LogP contribution in [0.25, 0.3) is 0 Å². The van der Waals surface area contributed by atoms with Crippen molar-refractivity contribution in [3.05, 3.63) is 0 Å². The Kier molecular flexibility index (Phi) is 1.61. The number of rotatable bonds is 1. The highest BCUT2D eigenvalue weighted by molar-refractivity contribution is 6.09. The van der Waals surface area contributed by atoms with Crippen LogP contribution < -0.4 is 10.6 Å². The van der Waals surface area contributed by atoms with E-state index >= 15 is 0 Å². The van der Waals surface area contributed by atoms with Gasteiger partial charge in [0.1, 0.15) is 6.54 Å². The smallest absolute Gasteiger partial charge is 0.248 e. The van der Waals surface area contributed by atoms with E-state index in [0.717, 1.165) is 12.8 Å². The lowest BCUT2D eigenvalue weighted by Crippen LogP contribution is -2.42. The standard InChI is InChI=1S/C8H11N3O2/c1-8(2-3-8)6(13)11-7-9-4-5(12)10-7/h2-4H2,1H3,(H2,9,10,11,12,13). The molecule has 1 aliphatic carbocycles. The third-order valence-electron chi connectivity index (χ3n) is 2.42. The molecule has 0 unspecified atom stereocenters. The highest BCUT2D eigenvalue weighted by Crippen LogP contribution is 2.44. The zero-order chi connectivity index (χ0) is 9.47. The molecule has 2 amide bonds. The van der Waals surface area contributed by atoms with E-state index < -0.39 is 0 Å². The average molecular weight is 181 g/mol. The third-order valence-corrected chi connectivity index (χ3v) is 2.42. The van der Waals surface area contributed by atoms with E-state index in [4.69, 9.17) is 0 Å². The van der Waals surface area contributed by atoms with E-state index in [-0.39, 0.29) is 23.8 Å². The summed E-state index contributed by atoms with van der Waals surface area (Å²) >= 11 is 0. The summed E-state index contributed by atoms with van der Waals surface area (Å²) in [5.41, 5.74) is -0.226. The fourth-order valence-electron chi connectivity index (χ4n) is 1.11. The van der Waals surface area contributed by atoms with Crippen molar-refractivity contribution in [1.29, 1.82) is 0 Å². The lowest BCUT2D eigenvalue weighted by molar-refractivity contribution is -0.124. The highest BCUT2D eigenvalue weighted by Gasteiger charge is 2.45. The Morgan fingerprint density at radius 3 is 2.77 bits per heavy atom. The number of hydrogen-bond acceptors (Lipinski definition) is 3. The fraction of sp³-hybridized carbons (Fsp3) is 0.625. The van der Waals surface area contributed by atoms with Crippen LogP contribution in [0, 0.1) is 5.41 Å². The molecule has 0 spiro atoms. The van der Waals surface area contributed by atoms with Crippen molar-refractivity contribution in [2.75, 3.05) is 6.54 Å². The SMILES string of the molecule is CC1(C(=O)NC2=NCC(=O)N2)CC1. The molecule has 0 saturated heterocycles. The molecule has 1 fully saturated rings. The second kappa shape index (κ2) is 2.55. The van der Waals surface area contributed by atoms with Crippen molar-refractivity contribution >= 4 is 17.8 Å². The topological polar surface area (TPSA) is 70.6 Å². The van der Waals surface area contributed by atoms with Crippen LogP contribution in [0.4, 0.5) is 0 Å². The average Bonchev–Trinajstić information content (AvgIpc) is 2.69. The summed E-state index contributed by atoms with van der Waals surface area (Å²) in [5, 5.41) is 5.05. The molecule has 2 aliphatic rings. The summed E-state index contributed by atoms with van der Waals surface area (Å²) in [6, 6.07) is 0. The van der Waals surface area contributed by atoms with Gasteiger partial charge < -0.3 is 0 Å². The molecule has 0 radical (unpaired) electrons. The van der Waals surface area contributed by atoms with Crippen molar-refractivity contribution in [3.63, 3.8) is 0 Å². The molecule has 1 heterocycles. The van der Waals surface area contributed by atoms with Gasteiger partial charge in [0.2, 0.25) is 17.8 Å². The number of guanidine groups is 1. The number of nitrogens with one attached hydrogen (secondary N) is 2. The van der Waals surface area contributed by atoms with Crippen LogP contribution in [0.5, 0.6) is 0 Å². The largest absolute Gasteiger partial charge is 0.296 e. The van der Waals surface area contributed by atoms with Crippen molar-refractivity contribution in [1.82, 2.24) is 10.6 Å². The highest BCUT2D eigenvalue weighted by atomic mass is 16.2. The van der Waals surface area contributed by atoms with Crippen molar-refractivity contribution in [2.45, 2.75) is 19.8 Å². The summed E-state index contributed by atoms with van der Waals surface area (Å²) in [4.78, 5) is 26.0. The minimum absolute atomic E-state index is 0.0477. The summed E-state index contributed by atoms with van der Waals surface area (Å²) in [6.07, 6.45) is 1.83. The van der Waals surface area contributed by atoms with Crippen LogP contribution in [0.1, 0.15) is 19.8 Å². The Morgan fingerprint density at radius 2 is 2.31 bits per heavy atom. The van der Waals surface area contributed by atoms with E-state index in [1.165, 1.54) is 0 Å². The van der Waals surface area contributed by atoms with E-state index in [2.05, 4.69) is 15.6 Å². The molecule has 2 N–H and O–H groups in total. The maximum Gasteiger partial charge on any atom is 0.248 e. The van der Waals surface area contributed by atoms with E-state index in [1.807, 2.05) is 6.92 Å². The minimum Gasteiger partial charge on any atom is -0.296 e. The Bertz CT molecular complexity index is 305. The molecular formula is C8H11N3O2. The zero-order valence-corrected chi connectivity index (χ0v) is 7.39. The first-order chi connectivity index (χ1) is 6.10. The Morgan fingerprint density at radius 1 is 1.62 bits per heavy atom. The van der Waals surface area contributed by atoms with E-state index in [9.17, 15) is 9.59 Å². The Hall–Kier alpha value is -1.39. The number of nitrogens with zero attached hydrogens (tertiary/aromatic N) is 1. The number of hydrogen-bond donors (Lipinski definition) is 2. The molecule has 13 heavy (non-hydrogen) atoms. The van der Waals surface area contributed by atoms with Gasteiger partial charge in [-0.2, -0.15) is 0 Å². The molecule has 0 bridgehead atoms. The molecule has 5 nitrogen and oxygen atoms in total. The number of aliphatic imine (C=N–C) groups is 1. The zero-order valence-electron chi connectivity index (χ0n) is 7.39. The van der Waals surface area contributed by atoms with Gasteiger partial charge in [-0.3, -0.25) is 20.2 Å². The molecule has 5 heteroatoms. The normalized spacial score (nSPS) is 23.5. The first-order valence-electron chi connectivity index (χ1n) is 4.26. The van der Waals surface area contributed by atoms with Crippen LogP contribution in [0.15, 0.2) is 4.99 Å². The first kappa shape index (κ1) is 8.22. The van der Waals surface area contributed by atoms with E-state index in [1.54, 1.807) is 0 Å². The maximum absolute atomic E-state index is 11.4. The van der Waals surface area contributed by atoms with Crippen LogP contribution in [0.3, 0.4) is 0 Å². The Labute approximate surface area is 75.6 Å². The number of carbonyl (C=O) groups excluding carboxylic acids is 2. The van der Waals surface area contributed by atoms with Gasteiger partial charge in [0.05, 0.1) is 0 Å². The van der Waals surface area contributed by atoms with Gasteiger partial charge in [-0.1, -0.05) is 6.92 Å². The molecule has 2 rings (SSSR count). The number of carbonyl (C=O) groups is 2. The molecule has 0 atom stereocenters. The van der Waals surface area contributed by atoms with E-state index in [0.29, 0.717) is 5.96 Å². The number of amides is 2. The Balaban J connectivity index is 1.92. The summed E-state index contributed by atoms with van der Waals surface area (Å²) in [5.74, 6) is 0.0767. The third kappa shape index (κ3) is 1.54. The molecule has 70 valence electrons. The minimum atomic E-state index is -0.226. The van der Waals surface area contributed by atoms with Crippen LogP contribution in [-0.2, 0) is 9.59 Å². The van der Waals surface area contributed by atoms with Crippen LogP contribution in [-0.4, -0.2) is 24.3 Å².